The summed E-state index contributed by atoms with van der Waals surface area (Å²) < 4.78 is 5.28. The average molecular weight is 268 g/mol. The van der Waals surface area contributed by atoms with Gasteiger partial charge in [-0.15, -0.1) is 0 Å². The first-order valence-electron chi connectivity index (χ1n) is 7.98. The number of hydrogen-bond acceptors (Lipinski definition) is 3. The van der Waals surface area contributed by atoms with E-state index in [2.05, 4.69) is 37.9 Å². The highest BCUT2D eigenvalue weighted by atomic mass is 16.5. The minimum absolute atomic E-state index is 0.360. The molecule has 0 spiro atoms. The van der Waals surface area contributed by atoms with Gasteiger partial charge in [0.1, 0.15) is 0 Å². The van der Waals surface area contributed by atoms with E-state index in [4.69, 9.17) is 4.74 Å². The first-order chi connectivity index (χ1) is 8.99. The standard InChI is InChI=1S/C16H32N2O/c1-12(2)15-10-18(13(3)8-9-19-5)16(4,11-17-15)14-6-7-14/h12-15,17H,6-11H2,1-5H3. The van der Waals surface area contributed by atoms with Gasteiger partial charge in [0, 0.05) is 44.4 Å². The lowest BCUT2D eigenvalue weighted by atomic mass is 9.85. The van der Waals surface area contributed by atoms with Crippen molar-refractivity contribution in [2.45, 2.75) is 64.6 Å². The summed E-state index contributed by atoms with van der Waals surface area (Å²) in [5.74, 6) is 1.61. The molecule has 19 heavy (non-hydrogen) atoms. The van der Waals surface area contributed by atoms with Crippen LogP contribution in [0.4, 0.5) is 0 Å². The Morgan fingerprint density at radius 2 is 2.00 bits per heavy atom. The Bertz CT molecular complexity index is 290. The molecule has 0 aromatic carbocycles. The highest BCUT2D eigenvalue weighted by Gasteiger charge is 2.49. The number of ether oxygens (including phenoxy) is 1. The lowest BCUT2D eigenvalue weighted by Gasteiger charge is -2.52. The molecular formula is C16H32N2O. The normalized spacial score (nSPS) is 34.7. The SMILES string of the molecule is COCCC(C)N1CC(C(C)C)NCC1(C)C1CC1. The molecule has 2 rings (SSSR count). The molecule has 1 saturated heterocycles. The molecule has 3 unspecified atom stereocenters. The first kappa shape index (κ1) is 15.3. The summed E-state index contributed by atoms with van der Waals surface area (Å²) >= 11 is 0. The van der Waals surface area contributed by atoms with Gasteiger partial charge in [-0.3, -0.25) is 4.90 Å². The average Bonchev–Trinajstić information content (AvgIpc) is 3.20. The van der Waals surface area contributed by atoms with E-state index in [-0.39, 0.29) is 0 Å². The van der Waals surface area contributed by atoms with Crippen molar-refractivity contribution in [2.75, 3.05) is 26.8 Å². The Morgan fingerprint density at radius 3 is 2.53 bits per heavy atom. The molecule has 1 heterocycles. The molecule has 0 aromatic heterocycles. The van der Waals surface area contributed by atoms with Gasteiger partial charge in [0.15, 0.2) is 0 Å². The predicted molar refractivity (Wildman–Crippen MR) is 80.4 cm³/mol. The molecule has 112 valence electrons. The minimum Gasteiger partial charge on any atom is -0.385 e. The fraction of sp³-hybridized carbons (Fsp3) is 1.00. The summed E-state index contributed by atoms with van der Waals surface area (Å²) in [5, 5.41) is 3.80. The zero-order chi connectivity index (χ0) is 14.0. The topological polar surface area (TPSA) is 24.5 Å². The fourth-order valence-electron chi connectivity index (χ4n) is 3.58. The second-order valence-corrected chi connectivity index (χ2v) is 7.15. The van der Waals surface area contributed by atoms with Crippen molar-refractivity contribution in [3.05, 3.63) is 0 Å². The molecule has 3 nitrogen and oxygen atoms in total. The van der Waals surface area contributed by atoms with E-state index in [1.165, 1.54) is 19.4 Å². The summed E-state index contributed by atoms with van der Waals surface area (Å²) in [4.78, 5) is 2.78. The van der Waals surface area contributed by atoms with Crippen LogP contribution >= 0.6 is 0 Å². The number of methoxy groups -OCH3 is 1. The van der Waals surface area contributed by atoms with Gasteiger partial charge in [-0.2, -0.15) is 0 Å². The summed E-state index contributed by atoms with van der Waals surface area (Å²) in [6, 6.07) is 1.26. The van der Waals surface area contributed by atoms with Crippen molar-refractivity contribution in [1.29, 1.82) is 0 Å². The monoisotopic (exact) mass is 268 g/mol. The van der Waals surface area contributed by atoms with Crippen molar-refractivity contribution in [1.82, 2.24) is 10.2 Å². The molecule has 0 amide bonds. The van der Waals surface area contributed by atoms with Gasteiger partial charge < -0.3 is 10.1 Å². The second kappa shape index (κ2) is 6.11. The van der Waals surface area contributed by atoms with Crippen LogP contribution < -0.4 is 5.32 Å². The largest absolute Gasteiger partial charge is 0.385 e. The zero-order valence-corrected chi connectivity index (χ0v) is 13.4. The summed E-state index contributed by atoms with van der Waals surface area (Å²) in [6.45, 7) is 12.7. The van der Waals surface area contributed by atoms with E-state index >= 15 is 0 Å². The third-order valence-corrected chi connectivity index (χ3v) is 5.31. The first-order valence-corrected chi connectivity index (χ1v) is 7.98. The van der Waals surface area contributed by atoms with Gasteiger partial charge in [0.05, 0.1) is 0 Å². The third-order valence-electron chi connectivity index (χ3n) is 5.31. The smallest absolute Gasteiger partial charge is 0.0477 e. The summed E-state index contributed by atoms with van der Waals surface area (Å²) in [5.41, 5.74) is 0.360. The van der Waals surface area contributed by atoms with Crippen molar-refractivity contribution in [3.8, 4) is 0 Å². The van der Waals surface area contributed by atoms with Gasteiger partial charge in [0.2, 0.25) is 0 Å². The van der Waals surface area contributed by atoms with Gasteiger partial charge in [-0.1, -0.05) is 13.8 Å². The van der Waals surface area contributed by atoms with E-state index in [0.717, 1.165) is 25.5 Å². The number of nitrogens with zero attached hydrogens (tertiary/aromatic N) is 1. The molecule has 0 aromatic rings. The van der Waals surface area contributed by atoms with Gasteiger partial charge in [-0.05, 0) is 44.9 Å². The summed E-state index contributed by atoms with van der Waals surface area (Å²) in [6.07, 6.45) is 3.97. The van der Waals surface area contributed by atoms with E-state index in [0.29, 0.717) is 23.5 Å². The number of hydrogen-bond donors (Lipinski definition) is 1. The molecule has 2 aliphatic rings. The van der Waals surface area contributed by atoms with Crippen LogP contribution in [0.2, 0.25) is 0 Å². The van der Waals surface area contributed by atoms with E-state index in [9.17, 15) is 0 Å². The molecule has 0 bridgehead atoms. The van der Waals surface area contributed by atoms with Gasteiger partial charge in [-0.25, -0.2) is 0 Å². The maximum Gasteiger partial charge on any atom is 0.0477 e. The molecule has 3 atom stereocenters. The number of nitrogens with one attached hydrogen (secondary N) is 1. The van der Waals surface area contributed by atoms with E-state index in [1.807, 2.05) is 7.11 Å². The Kier molecular flexibility index (Phi) is 4.91. The van der Waals surface area contributed by atoms with Crippen LogP contribution in [0.15, 0.2) is 0 Å². The predicted octanol–water partition coefficient (Wildman–Crippen LogP) is 2.51. The lowest BCUT2D eigenvalue weighted by Crippen LogP contribution is -2.67. The van der Waals surface area contributed by atoms with Crippen molar-refractivity contribution < 1.29 is 4.74 Å². The molecule has 2 fully saturated rings. The van der Waals surface area contributed by atoms with E-state index in [1.54, 1.807) is 0 Å². The van der Waals surface area contributed by atoms with Crippen LogP contribution in [-0.2, 0) is 4.74 Å². The number of piperazine rings is 1. The molecule has 1 aliphatic heterocycles. The Hall–Kier alpha value is -0.120. The Balaban J connectivity index is 2.06. The maximum atomic E-state index is 5.28. The minimum atomic E-state index is 0.360. The van der Waals surface area contributed by atoms with Crippen molar-refractivity contribution in [3.63, 3.8) is 0 Å². The summed E-state index contributed by atoms with van der Waals surface area (Å²) in [7, 11) is 1.81. The zero-order valence-electron chi connectivity index (χ0n) is 13.4. The lowest BCUT2D eigenvalue weighted by molar-refractivity contribution is -0.0128. The van der Waals surface area contributed by atoms with Crippen molar-refractivity contribution >= 4 is 0 Å². The van der Waals surface area contributed by atoms with Crippen molar-refractivity contribution in [2.24, 2.45) is 11.8 Å². The van der Waals surface area contributed by atoms with Crippen LogP contribution in [0.3, 0.4) is 0 Å². The molecule has 0 radical (unpaired) electrons. The van der Waals surface area contributed by atoms with Crippen LogP contribution in [0.25, 0.3) is 0 Å². The van der Waals surface area contributed by atoms with Crippen LogP contribution in [0.1, 0.15) is 47.0 Å². The quantitative estimate of drug-likeness (QED) is 0.801. The van der Waals surface area contributed by atoms with Crippen LogP contribution in [0.5, 0.6) is 0 Å². The molecule has 1 N–H and O–H groups in total. The van der Waals surface area contributed by atoms with Crippen LogP contribution in [0, 0.1) is 11.8 Å². The third kappa shape index (κ3) is 3.32. The second-order valence-electron chi connectivity index (χ2n) is 7.15. The molecule has 1 aliphatic carbocycles. The maximum absolute atomic E-state index is 5.28. The Morgan fingerprint density at radius 1 is 1.32 bits per heavy atom. The molecule has 3 heteroatoms. The molecule has 1 saturated carbocycles. The van der Waals surface area contributed by atoms with Gasteiger partial charge >= 0.3 is 0 Å². The Labute approximate surface area is 119 Å². The highest BCUT2D eigenvalue weighted by Crippen LogP contribution is 2.45. The highest BCUT2D eigenvalue weighted by molar-refractivity contribution is 5.06. The molecular weight excluding hydrogens is 236 g/mol. The number of rotatable bonds is 6. The fourth-order valence-corrected chi connectivity index (χ4v) is 3.58. The van der Waals surface area contributed by atoms with Gasteiger partial charge in [0.25, 0.3) is 0 Å². The van der Waals surface area contributed by atoms with E-state index < -0.39 is 0 Å². The van der Waals surface area contributed by atoms with Crippen LogP contribution in [-0.4, -0.2) is 49.3 Å².